The highest BCUT2D eigenvalue weighted by Crippen LogP contribution is 2.39. The average molecular weight is 159 g/mol. The van der Waals surface area contributed by atoms with Crippen LogP contribution >= 0.6 is 11.8 Å². The summed E-state index contributed by atoms with van der Waals surface area (Å²) in [5.74, 6) is 1.32. The molecule has 0 spiro atoms. The zero-order valence-electron chi connectivity index (χ0n) is 6.94. The Morgan fingerprint density at radius 3 is 2.60 bits per heavy atom. The molecule has 0 radical (unpaired) electrons. The first-order valence-corrected chi connectivity index (χ1v) is 5.40. The molecular weight excluding hydrogens is 142 g/mol. The van der Waals surface area contributed by atoms with Gasteiger partial charge in [0.1, 0.15) is 0 Å². The minimum Gasteiger partial charge on any atom is -0.314 e. The van der Waals surface area contributed by atoms with E-state index in [9.17, 15) is 0 Å². The van der Waals surface area contributed by atoms with Gasteiger partial charge >= 0.3 is 0 Å². The fourth-order valence-corrected chi connectivity index (χ4v) is 1.76. The van der Waals surface area contributed by atoms with Crippen LogP contribution < -0.4 is 5.32 Å². The topological polar surface area (TPSA) is 12.0 Å². The van der Waals surface area contributed by atoms with Gasteiger partial charge in [-0.15, -0.1) is 0 Å². The lowest BCUT2D eigenvalue weighted by atomic mass is 10.1. The normalized spacial score (nSPS) is 21.0. The van der Waals surface area contributed by atoms with Crippen molar-refractivity contribution in [1.82, 2.24) is 5.32 Å². The quantitative estimate of drug-likeness (QED) is 0.615. The summed E-state index contributed by atoms with van der Waals surface area (Å²) in [5.41, 5.74) is 0.579. The zero-order chi connectivity index (χ0) is 7.45. The summed E-state index contributed by atoms with van der Waals surface area (Å²) in [6, 6.07) is 0. The van der Waals surface area contributed by atoms with Crippen LogP contribution in [0.5, 0.6) is 0 Å². The van der Waals surface area contributed by atoms with Gasteiger partial charge in [-0.3, -0.25) is 0 Å². The van der Waals surface area contributed by atoms with E-state index in [-0.39, 0.29) is 0 Å². The van der Waals surface area contributed by atoms with Crippen molar-refractivity contribution in [3.05, 3.63) is 0 Å². The van der Waals surface area contributed by atoms with Gasteiger partial charge in [0.15, 0.2) is 0 Å². The molecule has 0 aromatic heterocycles. The van der Waals surface area contributed by atoms with Crippen LogP contribution in [0, 0.1) is 0 Å². The lowest BCUT2D eigenvalue weighted by Crippen LogP contribution is -2.26. The highest BCUT2D eigenvalue weighted by Gasteiger charge is 2.39. The van der Waals surface area contributed by atoms with E-state index in [1.54, 1.807) is 0 Å². The molecule has 0 aromatic rings. The van der Waals surface area contributed by atoms with Gasteiger partial charge in [0.2, 0.25) is 0 Å². The van der Waals surface area contributed by atoms with E-state index in [2.05, 4.69) is 18.6 Å². The Labute approximate surface area is 68.0 Å². The molecule has 0 heterocycles. The van der Waals surface area contributed by atoms with Gasteiger partial charge in [0.25, 0.3) is 0 Å². The van der Waals surface area contributed by atoms with Gasteiger partial charge in [-0.1, -0.05) is 0 Å². The third-order valence-corrected chi connectivity index (χ3v) is 3.08. The minimum absolute atomic E-state index is 0.579. The number of rotatable bonds is 5. The van der Waals surface area contributed by atoms with Gasteiger partial charge in [-0.25, -0.2) is 0 Å². The number of thioether (sulfide) groups is 1. The summed E-state index contributed by atoms with van der Waals surface area (Å²) in [4.78, 5) is 0. The SMILES string of the molecule is CNC1(CCCSC)CC1. The Kier molecular flexibility index (Phi) is 3.05. The van der Waals surface area contributed by atoms with E-state index in [1.807, 2.05) is 11.8 Å². The Balaban J connectivity index is 2.01. The maximum absolute atomic E-state index is 3.40. The van der Waals surface area contributed by atoms with E-state index < -0.39 is 0 Å². The fraction of sp³-hybridized carbons (Fsp3) is 1.00. The van der Waals surface area contributed by atoms with Crippen molar-refractivity contribution in [2.45, 2.75) is 31.2 Å². The molecule has 0 aliphatic heterocycles. The molecule has 0 bridgehead atoms. The molecule has 0 unspecified atom stereocenters. The fourth-order valence-electron chi connectivity index (χ4n) is 1.33. The average Bonchev–Trinajstić information content (AvgIpc) is 2.70. The Morgan fingerprint density at radius 1 is 1.50 bits per heavy atom. The molecule has 0 amide bonds. The maximum atomic E-state index is 3.40. The Hall–Kier alpha value is 0.310. The molecule has 1 rings (SSSR count). The monoisotopic (exact) mass is 159 g/mol. The van der Waals surface area contributed by atoms with Gasteiger partial charge in [-0.2, -0.15) is 11.8 Å². The highest BCUT2D eigenvalue weighted by atomic mass is 32.2. The molecule has 0 saturated heterocycles. The van der Waals surface area contributed by atoms with Gasteiger partial charge in [-0.05, 0) is 44.7 Å². The van der Waals surface area contributed by atoms with Crippen LogP contribution in [-0.2, 0) is 0 Å². The van der Waals surface area contributed by atoms with Crippen molar-refractivity contribution in [3.63, 3.8) is 0 Å². The molecule has 1 aliphatic carbocycles. The summed E-state index contributed by atoms with van der Waals surface area (Å²) in [7, 11) is 2.09. The molecule has 1 nitrogen and oxygen atoms in total. The predicted molar refractivity (Wildman–Crippen MR) is 48.6 cm³/mol. The molecule has 1 saturated carbocycles. The third-order valence-electron chi connectivity index (χ3n) is 2.39. The van der Waals surface area contributed by atoms with E-state index in [4.69, 9.17) is 0 Å². The zero-order valence-corrected chi connectivity index (χ0v) is 7.76. The van der Waals surface area contributed by atoms with Crippen LogP contribution in [0.2, 0.25) is 0 Å². The molecule has 1 aliphatic rings. The summed E-state index contributed by atoms with van der Waals surface area (Å²) in [6.45, 7) is 0. The second-order valence-electron chi connectivity index (χ2n) is 3.13. The van der Waals surface area contributed by atoms with E-state index in [0.29, 0.717) is 5.54 Å². The van der Waals surface area contributed by atoms with Crippen LogP contribution in [-0.4, -0.2) is 24.6 Å². The Morgan fingerprint density at radius 2 is 2.20 bits per heavy atom. The van der Waals surface area contributed by atoms with E-state index >= 15 is 0 Å². The first kappa shape index (κ1) is 8.41. The standard InChI is InChI=1S/C8H17NS/c1-9-8(5-6-8)4-3-7-10-2/h9H,3-7H2,1-2H3. The van der Waals surface area contributed by atoms with Crippen LogP contribution in [0.1, 0.15) is 25.7 Å². The molecule has 1 N–H and O–H groups in total. The lowest BCUT2D eigenvalue weighted by molar-refractivity contribution is 0.505. The third kappa shape index (κ3) is 2.17. The molecule has 0 aromatic carbocycles. The van der Waals surface area contributed by atoms with Crippen molar-refractivity contribution in [2.75, 3.05) is 19.1 Å². The molecule has 0 atom stereocenters. The summed E-state index contributed by atoms with van der Waals surface area (Å²) < 4.78 is 0. The van der Waals surface area contributed by atoms with Gasteiger partial charge in [0.05, 0.1) is 0 Å². The van der Waals surface area contributed by atoms with Crippen molar-refractivity contribution < 1.29 is 0 Å². The summed E-state index contributed by atoms with van der Waals surface area (Å²) in [5, 5.41) is 3.40. The molecule has 1 fully saturated rings. The molecule has 2 heteroatoms. The van der Waals surface area contributed by atoms with Crippen LogP contribution in [0.25, 0.3) is 0 Å². The number of hydrogen-bond donors (Lipinski definition) is 1. The molecule has 60 valence electrons. The van der Waals surface area contributed by atoms with E-state index in [1.165, 1.54) is 31.4 Å². The summed E-state index contributed by atoms with van der Waals surface area (Å²) >= 11 is 1.95. The van der Waals surface area contributed by atoms with Crippen molar-refractivity contribution >= 4 is 11.8 Å². The van der Waals surface area contributed by atoms with Crippen LogP contribution in [0.3, 0.4) is 0 Å². The Bertz CT molecular complexity index is 99.4. The van der Waals surface area contributed by atoms with E-state index in [0.717, 1.165) is 0 Å². The number of hydrogen-bond acceptors (Lipinski definition) is 2. The van der Waals surface area contributed by atoms with Crippen molar-refractivity contribution in [3.8, 4) is 0 Å². The number of nitrogens with one attached hydrogen (secondary N) is 1. The maximum Gasteiger partial charge on any atom is 0.0180 e. The lowest BCUT2D eigenvalue weighted by Gasteiger charge is -2.12. The largest absolute Gasteiger partial charge is 0.314 e. The molecular formula is C8H17NS. The second-order valence-corrected chi connectivity index (χ2v) is 4.11. The molecule has 10 heavy (non-hydrogen) atoms. The van der Waals surface area contributed by atoms with Crippen LogP contribution in [0.4, 0.5) is 0 Å². The first-order chi connectivity index (χ1) is 4.83. The minimum atomic E-state index is 0.579. The second kappa shape index (κ2) is 3.63. The van der Waals surface area contributed by atoms with Gasteiger partial charge < -0.3 is 5.32 Å². The van der Waals surface area contributed by atoms with Crippen LogP contribution in [0.15, 0.2) is 0 Å². The summed E-state index contributed by atoms with van der Waals surface area (Å²) in [6.07, 6.45) is 7.74. The van der Waals surface area contributed by atoms with Gasteiger partial charge in [0, 0.05) is 5.54 Å². The highest BCUT2D eigenvalue weighted by molar-refractivity contribution is 7.98. The van der Waals surface area contributed by atoms with Crippen molar-refractivity contribution in [2.24, 2.45) is 0 Å². The predicted octanol–water partition coefficient (Wildman–Crippen LogP) is 1.88. The first-order valence-electron chi connectivity index (χ1n) is 4.01. The smallest absolute Gasteiger partial charge is 0.0180 e. The van der Waals surface area contributed by atoms with Crippen molar-refractivity contribution in [1.29, 1.82) is 0 Å².